The molecule has 0 aliphatic carbocycles. The molecule has 0 spiro atoms. The molecule has 25 heavy (non-hydrogen) atoms. The topological polar surface area (TPSA) is 67.2 Å². The number of nitriles is 1. The number of nitrogens with one attached hydrogen (secondary N) is 1. The fraction of sp³-hybridized carbons (Fsp3) is 0.368. The van der Waals surface area contributed by atoms with Gasteiger partial charge in [0.05, 0.1) is 17.3 Å². The van der Waals surface area contributed by atoms with Crippen LogP contribution in [0.3, 0.4) is 0 Å². The zero-order valence-corrected chi connectivity index (χ0v) is 15.0. The number of nitrogens with zero attached hydrogens (tertiary/aromatic N) is 2. The van der Waals surface area contributed by atoms with E-state index >= 15 is 0 Å². The van der Waals surface area contributed by atoms with Gasteiger partial charge in [-0.15, -0.1) is 0 Å². The summed E-state index contributed by atoms with van der Waals surface area (Å²) in [7, 11) is -0.385. The molecular formula is C19H22BN3O2. The molecule has 1 aromatic carbocycles. The molecule has 1 saturated heterocycles. The van der Waals surface area contributed by atoms with Crippen LogP contribution in [-0.2, 0) is 9.31 Å². The quantitative estimate of drug-likeness (QED) is 0.870. The van der Waals surface area contributed by atoms with Gasteiger partial charge < -0.3 is 14.6 Å². The Morgan fingerprint density at radius 2 is 1.72 bits per heavy atom. The van der Waals surface area contributed by atoms with Crippen molar-refractivity contribution in [1.29, 1.82) is 5.26 Å². The van der Waals surface area contributed by atoms with Crippen LogP contribution < -0.4 is 10.8 Å². The van der Waals surface area contributed by atoms with Gasteiger partial charge in [0.1, 0.15) is 6.04 Å². The predicted molar refractivity (Wildman–Crippen MR) is 98.4 cm³/mol. The third kappa shape index (κ3) is 3.53. The summed E-state index contributed by atoms with van der Waals surface area (Å²) in [6.45, 7) is 8.14. The molecule has 1 unspecified atom stereocenters. The van der Waals surface area contributed by atoms with E-state index in [0.29, 0.717) is 0 Å². The molecule has 5 nitrogen and oxygen atoms in total. The Kier molecular flexibility index (Phi) is 4.55. The number of rotatable bonds is 4. The molecule has 1 aliphatic heterocycles. The normalized spacial score (nSPS) is 19.2. The summed E-state index contributed by atoms with van der Waals surface area (Å²) in [6, 6.07) is 13.3. The van der Waals surface area contributed by atoms with E-state index in [1.165, 1.54) is 0 Å². The zero-order valence-electron chi connectivity index (χ0n) is 15.0. The van der Waals surface area contributed by atoms with Crippen molar-refractivity contribution >= 4 is 18.3 Å². The van der Waals surface area contributed by atoms with Gasteiger partial charge in [-0.3, -0.25) is 4.98 Å². The van der Waals surface area contributed by atoms with Crippen molar-refractivity contribution in [2.24, 2.45) is 0 Å². The van der Waals surface area contributed by atoms with Gasteiger partial charge in [-0.1, -0.05) is 18.2 Å². The fourth-order valence-electron chi connectivity index (χ4n) is 2.62. The predicted octanol–water partition coefficient (Wildman–Crippen LogP) is 3.06. The number of hydrogen-bond donors (Lipinski definition) is 1. The molecule has 1 aliphatic rings. The van der Waals surface area contributed by atoms with E-state index in [1.54, 1.807) is 12.4 Å². The second-order valence-corrected chi connectivity index (χ2v) is 7.20. The van der Waals surface area contributed by atoms with Crippen LogP contribution in [0.5, 0.6) is 0 Å². The Morgan fingerprint density at radius 3 is 2.24 bits per heavy atom. The van der Waals surface area contributed by atoms with Gasteiger partial charge in [0.25, 0.3) is 0 Å². The lowest BCUT2D eigenvalue weighted by Gasteiger charge is -2.32. The molecule has 0 amide bonds. The minimum absolute atomic E-state index is 0.360. The van der Waals surface area contributed by atoms with E-state index in [4.69, 9.17) is 9.31 Å². The van der Waals surface area contributed by atoms with Gasteiger partial charge in [0.15, 0.2) is 0 Å². The van der Waals surface area contributed by atoms with Crippen molar-refractivity contribution in [3.05, 3.63) is 54.4 Å². The van der Waals surface area contributed by atoms with Crippen molar-refractivity contribution in [1.82, 2.24) is 4.98 Å². The molecule has 0 radical (unpaired) electrons. The van der Waals surface area contributed by atoms with Crippen LogP contribution in [0.15, 0.2) is 48.8 Å². The molecule has 0 saturated carbocycles. The summed E-state index contributed by atoms with van der Waals surface area (Å²) in [6.07, 6.45) is 3.39. The largest absolute Gasteiger partial charge is 0.494 e. The summed E-state index contributed by atoms with van der Waals surface area (Å²) in [5.74, 6) is 0. The lowest BCUT2D eigenvalue weighted by molar-refractivity contribution is 0.00578. The van der Waals surface area contributed by atoms with Crippen molar-refractivity contribution in [2.75, 3.05) is 5.32 Å². The van der Waals surface area contributed by atoms with Crippen LogP contribution in [0.25, 0.3) is 0 Å². The third-order valence-corrected chi connectivity index (χ3v) is 4.89. The Balaban J connectivity index is 1.72. The first-order chi connectivity index (χ1) is 11.8. The summed E-state index contributed by atoms with van der Waals surface area (Å²) in [5, 5.41) is 12.6. The average molecular weight is 335 g/mol. The molecule has 0 bridgehead atoms. The van der Waals surface area contributed by atoms with Gasteiger partial charge in [0, 0.05) is 23.6 Å². The standard InChI is InChI=1S/C19H22BN3O2/c1-18(2)19(3,4)25-20(24-18)15-7-9-16(10-8-15)23-17(12-21)14-6-5-11-22-13-14/h5-11,13,17,23H,1-4H3. The number of aromatic nitrogens is 1. The van der Waals surface area contributed by atoms with E-state index in [-0.39, 0.29) is 18.3 Å². The third-order valence-electron chi connectivity index (χ3n) is 4.89. The molecule has 1 fully saturated rings. The zero-order chi connectivity index (χ0) is 18.1. The molecule has 128 valence electrons. The van der Waals surface area contributed by atoms with Crippen LogP contribution in [0.4, 0.5) is 5.69 Å². The first kappa shape index (κ1) is 17.5. The van der Waals surface area contributed by atoms with Gasteiger partial charge in [-0.05, 0) is 51.4 Å². The van der Waals surface area contributed by atoms with Gasteiger partial charge >= 0.3 is 7.12 Å². The summed E-state index contributed by atoms with van der Waals surface area (Å²) in [5.41, 5.74) is 1.93. The lowest BCUT2D eigenvalue weighted by atomic mass is 9.79. The fourth-order valence-corrected chi connectivity index (χ4v) is 2.62. The minimum atomic E-state index is -0.448. The summed E-state index contributed by atoms with van der Waals surface area (Å²) < 4.78 is 12.1. The number of pyridine rings is 1. The van der Waals surface area contributed by atoms with Crippen molar-refractivity contribution in [2.45, 2.75) is 44.9 Å². The van der Waals surface area contributed by atoms with E-state index < -0.39 is 6.04 Å². The molecule has 2 heterocycles. The van der Waals surface area contributed by atoms with Crippen LogP contribution in [0.2, 0.25) is 0 Å². The molecule has 6 heteroatoms. The Morgan fingerprint density at radius 1 is 1.08 bits per heavy atom. The first-order valence-corrected chi connectivity index (χ1v) is 8.34. The van der Waals surface area contributed by atoms with Gasteiger partial charge in [0.2, 0.25) is 0 Å². The van der Waals surface area contributed by atoms with Crippen LogP contribution in [0, 0.1) is 11.3 Å². The van der Waals surface area contributed by atoms with Crippen molar-refractivity contribution in [3.8, 4) is 6.07 Å². The molecule has 1 N–H and O–H groups in total. The van der Waals surface area contributed by atoms with Crippen LogP contribution in [-0.4, -0.2) is 23.3 Å². The maximum atomic E-state index is 9.40. The van der Waals surface area contributed by atoms with Crippen molar-refractivity contribution < 1.29 is 9.31 Å². The number of benzene rings is 1. The van der Waals surface area contributed by atoms with E-state index in [1.807, 2.05) is 64.1 Å². The summed E-state index contributed by atoms with van der Waals surface area (Å²) in [4.78, 5) is 4.06. The van der Waals surface area contributed by atoms with E-state index in [9.17, 15) is 5.26 Å². The molecule has 1 aromatic heterocycles. The maximum Gasteiger partial charge on any atom is 0.494 e. The molecule has 1 atom stereocenters. The summed E-state index contributed by atoms with van der Waals surface area (Å²) >= 11 is 0. The Bertz CT molecular complexity index is 754. The number of hydrogen-bond acceptors (Lipinski definition) is 5. The van der Waals surface area contributed by atoms with Gasteiger partial charge in [-0.2, -0.15) is 5.26 Å². The molecular weight excluding hydrogens is 313 g/mol. The maximum absolute atomic E-state index is 9.40. The monoisotopic (exact) mass is 335 g/mol. The van der Waals surface area contributed by atoms with Crippen LogP contribution >= 0.6 is 0 Å². The van der Waals surface area contributed by atoms with Crippen molar-refractivity contribution in [3.63, 3.8) is 0 Å². The highest BCUT2D eigenvalue weighted by atomic mass is 16.7. The number of anilines is 1. The van der Waals surface area contributed by atoms with E-state index in [2.05, 4.69) is 16.4 Å². The van der Waals surface area contributed by atoms with E-state index in [0.717, 1.165) is 16.7 Å². The smallest absolute Gasteiger partial charge is 0.399 e. The highest BCUT2D eigenvalue weighted by Gasteiger charge is 2.51. The molecule has 2 aromatic rings. The highest BCUT2D eigenvalue weighted by molar-refractivity contribution is 6.62. The van der Waals surface area contributed by atoms with Crippen LogP contribution in [0.1, 0.15) is 39.3 Å². The Labute approximate surface area is 149 Å². The lowest BCUT2D eigenvalue weighted by Crippen LogP contribution is -2.41. The highest BCUT2D eigenvalue weighted by Crippen LogP contribution is 2.36. The SMILES string of the molecule is CC1(C)OB(c2ccc(NC(C#N)c3cccnc3)cc2)OC1(C)C. The minimum Gasteiger partial charge on any atom is -0.399 e. The van der Waals surface area contributed by atoms with Gasteiger partial charge in [-0.25, -0.2) is 0 Å². The second-order valence-electron chi connectivity index (χ2n) is 7.20. The second kappa shape index (κ2) is 6.51. The Hall–Kier alpha value is -2.36. The average Bonchev–Trinajstić information content (AvgIpc) is 2.82. The first-order valence-electron chi connectivity index (χ1n) is 8.34. The molecule has 3 rings (SSSR count).